The fourth-order valence-corrected chi connectivity index (χ4v) is 2.67. The molecular weight excluding hydrogens is 340 g/mol. The normalized spacial score (nSPS) is 10.3. The van der Waals surface area contributed by atoms with Gasteiger partial charge in [0.2, 0.25) is 11.0 Å². The van der Waals surface area contributed by atoms with Gasteiger partial charge < -0.3 is 10.2 Å². The lowest BCUT2D eigenvalue weighted by Crippen LogP contribution is -2.30. The maximum absolute atomic E-state index is 12.0. The lowest BCUT2D eigenvalue weighted by Gasteiger charge is -2.15. The van der Waals surface area contributed by atoms with Crippen molar-refractivity contribution in [3.8, 4) is 0 Å². The first-order chi connectivity index (χ1) is 9.60. The van der Waals surface area contributed by atoms with E-state index >= 15 is 0 Å². The second-order valence-corrected chi connectivity index (χ2v) is 5.82. The Labute approximate surface area is 130 Å². The second kappa shape index (κ2) is 6.81. The number of aromatic nitrogens is 2. The van der Waals surface area contributed by atoms with E-state index in [-0.39, 0.29) is 12.5 Å². The molecule has 7 heteroatoms. The third-order valence-corrected chi connectivity index (χ3v) is 4.19. The van der Waals surface area contributed by atoms with Crippen molar-refractivity contribution in [1.82, 2.24) is 9.36 Å². The van der Waals surface area contributed by atoms with Crippen LogP contribution in [0.4, 0.5) is 10.8 Å². The third kappa shape index (κ3) is 3.77. The molecule has 0 bridgehead atoms. The number of nitrogens with zero attached hydrogens (tertiary/aromatic N) is 3. The van der Waals surface area contributed by atoms with Crippen LogP contribution in [-0.2, 0) is 11.2 Å². The van der Waals surface area contributed by atoms with Gasteiger partial charge in [-0.15, -0.1) is 0 Å². The number of rotatable bonds is 5. The van der Waals surface area contributed by atoms with Crippen molar-refractivity contribution < 1.29 is 4.79 Å². The fourth-order valence-electron chi connectivity index (χ4n) is 1.58. The highest BCUT2D eigenvalue weighted by atomic mass is 79.9. The Balaban J connectivity index is 1.96. The molecule has 0 aliphatic heterocycles. The zero-order valence-electron chi connectivity index (χ0n) is 11.3. The number of aryl methyl sites for hydroxylation is 1. The molecule has 106 valence electrons. The van der Waals surface area contributed by atoms with Gasteiger partial charge in [-0.25, -0.2) is 4.98 Å². The van der Waals surface area contributed by atoms with Gasteiger partial charge in [-0.05, 0) is 28.1 Å². The van der Waals surface area contributed by atoms with Gasteiger partial charge in [0, 0.05) is 29.5 Å². The summed E-state index contributed by atoms with van der Waals surface area (Å²) in [5, 5.41) is 3.61. The summed E-state index contributed by atoms with van der Waals surface area (Å²) in [6.45, 7) is 2.24. The van der Waals surface area contributed by atoms with Crippen molar-refractivity contribution in [2.24, 2.45) is 0 Å². The van der Waals surface area contributed by atoms with Crippen LogP contribution < -0.4 is 10.2 Å². The summed E-state index contributed by atoms with van der Waals surface area (Å²) in [7, 11) is 1.83. The van der Waals surface area contributed by atoms with Crippen molar-refractivity contribution in [1.29, 1.82) is 0 Å². The van der Waals surface area contributed by atoms with Crippen LogP contribution in [0.25, 0.3) is 0 Å². The predicted octanol–water partition coefficient (Wildman–Crippen LogP) is 2.94. The summed E-state index contributed by atoms with van der Waals surface area (Å²) in [4.78, 5) is 18.2. The molecule has 0 aliphatic carbocycles. The molecule has 0 saturated heterocycles. The highest BCUT2D eigenvalue weighted by Gasteiger charge is 2.12. The Morgan fingerprint density at radius 2 is 2.20 bits per heavy atom. The minimum atomic E-state index is -0.0901. The standard InChI is InChI=1S/C13H15BrN4OS/c1-3-11-16-13(20-17-11)18(2)8-12(19)15-10-7-5-4-6-9(10)14/h4-7H,3,8H2,1-2H3,(H,15,19). The number of carbonyl (C=O) groups excluding carboxylic acids is 1. The number of hydrogen-bond acceptors (Lipinski definition) is 5. The molecule has 1 heterocycles. The van der Waals surface area contributed by atoms with E-state index in [1.807, 2.05) is 38.2 Å². The first kappa shape index (κ1) is 14.9. The van der Waals surface area contributed by atoms with Gasteiger partial charge in [-0.3, -0.25) is 4.79 Å². The van der Waals surface area contributed by atoms with Gasteiger partial charge >= 0.3 is 0 Å². The Bertz CT molecular complexity index is 602. The zero-order chi connectivity index (χ0) is 14.5. The van der Waals surface area contributed by atoms with E-state index in [0.717, 1.165) is 27.5 Å². The molecule has 0 radical (unpaired) electrons. The quantitative estimate of drug-likeness (QED) is 0.896. The number of carbonyl (C=O) groups is 1. The molecule has 1 amide bonds. The number of anilines is 2. The molecule has 0 fully saturated rings. The van der Waals surface area contributed by atoms with Gasteiger partial charge in [-0.2, -0.15) is 4.37 Å². The maximum atomic E-state index is 12.0. The number of likely N-dealkylation sites (N-methyl/N-ethyl adjacent to an activating group) is 1. The van der Waals surface area contributed by atoms with E-state index in [0.29, 0.717) is 0 Å². The number of hydrogen-bond donors (Lipinski definition) is 1. The summed E-state index contributed by atoms with van der Waals surface area (Å²) < 4.78 is 5.07. The van der Waals surface area contributed by atoms with E-state index in [2.05, 4.69) is 30.6 Å². The number of nitrogens with one attached hydrogen (secondary N) is 1. The van der Waals surface area contributed by atoms with Crippen LogP contribution in [0.15, 0.2) is 28.7 Å². The van der Waals surface area contributed by atoms with Crippen molar-refractivity contribution in [2.45, 2.75) is 13.3 Å². The second-order valence-electron chi connectivity index (χ2n) is 4.23. The van der Waals surface area contributed by atoms with E-state index in [9.17, 15) is 4.79 Å². The molecule has 20 heavy (non-hydrogen) atoms. The van der Waals surface area contributed by atoms with Crippen LogP contribution in [0.2, 0.25) is 0 Å². The number of amides is 1. The van der Waals surface area contributed by atoms with Crippen molar-refractivity contribution in [3.05, 3.63) is 34.6 Å². The van der Waals surface area contributed by atoms with Crippen molar-refractivity contribution in [3.63, 3.8) is 0 Å². The summed E-state index contributed by atoms with van der Waals surface area (Å²) in [5.41, 5.74) is 0.761. The SMILES string of the molecule is CCc1nsc(N(C)CC(=O)Nc2ccccc2Br)n1. The highest BCUT2D eigenvalue weighted by Crippen LogP contribution is 2.21. The van der Waals surface area contributed by atoms with Crippen molar-refractivity contribution >= 4 is 44.2 Å². The Hall–Kier alpha value is -1.47. The molecule has 1 aromatic heterocycles. The first-order valence-electron chi connectivity index (χ1n) is 6.18. The summed E-state index contributed by atoms with van der Waals surface area (Å²) in [6, 6.07) is 7.52. The number of para-hydroxylation sites is 1. The molecule has 0 aliphatic rings. The molecule has 1 N–H and O–H groups in total. The summed E-state index contributed by atoms with van der Waals surface area (Å²) in [6.07, 6.45) is 0.799. The molecule has 0 unspecified atom stereocenters. The maximum Gasteiger partial charge on any atom is 0.243 e. The molecule has 5 nitrogen and oxygen atoms in total. The molecule has 2 rings (SSSR count). The largest absolute Gasteiger partial charge is 0.341 e. The average Bonchev–Trinajstić information content (AvgIpc) is 2.90. The van der Waals surface area contributed by atoms with Gasteiger partial charge in [0.1, 0.15) is 5.82 Å². The lowest BCUT2D eigenvalue weighted by atomic mass is 10.3. The summed E-state index contributed by atoms with van der Waals surface area (Å²) >= 11 is 4.71. The molecular formula is C13H15BrN4OS. The fraction of sp³-hybridized carbons (Fsp3) is 0.308. The summed E-state index contributed by atoms with van der Waals surface area (Å²) in [5.74, 6) is 0.718. The number of halogens is 1. The molecule has 1 aromatic carbocycles. The molecule has 0 atom stereocenters. The zero-order valence-corrected chi connectivity index (χ0v) is 13.7. The number of benzene rings is 1. The van der Waals surface area contributed by atoms with E-state index < -0.39 is 0 Å². The average molecular weight is 355 g/mol. The topological polar surface area (TPSA) is 58.1 Å². The van der Waals surface area contributed by atoms with Gasteiger partial charge in [0.15, 0.2) is 0 Å². The molecule has 0 spiro atoms. The minimum absolute atomic E-state index is 0.0901. The van der Waals surface area contributed by atoms with Gasteiger partial charge in [-0.1, -0.05) is 19.1 Å². The van der Waals surface area contributed by atoms with Crippen LogP contribution in [0, 0.1) is 0 Å². The Morgan fingerprint density at radius 1 is 1.45 bits per heavy atom. The van der Waals surface area contributed by atoms with Crippen LogP contribution in [-0.4, -0.2) is 28.9 Å². The Kier molecular flexibility index (Phi) is 5.08. The monoisotopic (exact) mass is 354 g/mol. The first-order valence-corrected chi connectivity index (χ1v) is 7.75. The minimum Gasteiger partial charge on any atom is -0.341 e. The van der Waals surface area contributed by atoms with Gasteiger partial charge in [0.25, 0.3) is 0 Å². The highest BCUT2D eigenvalue weighted by molar-refractivity contribution is 9.10. The van der Waals surface area contributed by atoms with E-state index in [1.165, 1.54) is 11.5 Å². The molecule has 0 saturated carbocycles. The van der Waals surface area contributed by atoms with Crippen LogP contribution in [0.1, 0.15) is 12.7 Å². The smallest absolute Gasteiger partial charge is 0.243 e. The van der Waals surface area contributed by atoms with Crippen LogP contribution in [0.3, 0.4) is 0 Å². The van der Waals surface area contributed by atoms with E-state index in [4.69, 9.17) is 0 Å². The van der Waals surface area contributed by atoms with Crippen LogP contribution >= 0.6 is 27.5 Å². The van der Waals surface area contributed by atoms with Gasteiger partial charge in [0.05, 0.1) is 12.2 Å². The lowest BCUT2D eigenvalue weighted by molar-refractivity contribution is -0.114. The third-order valence-electron chi connectivity index (χ3n) is 2.63. The Morgan fingerprint density at radius 3 is 2.85 bits per heavy atom. The van der Waals surface area contributed by atoms with Crippen molar-refractivity contribution in [2.75, 3.05) is 23.8 Å². The van der Waals surface area contributed by atoms with Crippen LogP contribution in [0.5, 0.6) is 0 Å². The van der Waals surface area contributed by atoms with E-state index in [1.54, 1.807) is 4.90 Å². The molecule has 2 aromatic rings. The predicted molar refractivity (Wildman–Crippen MR) is 85.3 cm³/mol.